The maximum absolute atomic E-state index is 13.9. The van der Waals surface area contributed by atoms with Crippen LogP contribution in [0.5, 0.6) is 0 Å². The van der Waals surface area contributed by atoms with Crippen LogP contribution in [0.25, 0.3) is 0 Å². The molecule has 0 atom stereocenters. The van der Waals surface area contributed by atoms with Crippen molar-refractivity contribution in [2.45, 2.75) is 26.3 Å². The van der Waals surface area contributed by atoms with Gasteiger partial charge in [0.25, 0.3) is 6.47 Å². The fourth-order valence-corrected chi connectivity index (χ4v) is 2.95. The van der Waals surface area contributed by atoms with E-state index >= 15 is 0 Å². The minimum atomic E-state index is -0.314. The highest BCUT2D eigenvalue weighted by Gasteiger charge is 2.21. The van der Waals surface area contributed by atoms with Crippen LogP contribution in [0.2, 0.25) is 0 Å². The Bertz CT molecular complexity index is 752. The summed E-state index contributed by atoms with van der Waals surface area (Å²) in [5.74, 6) is 0.177. The average Bonchev–Trinajstić information content (AvgIpc) is 2.92. The van der Waals surface area contributed by atoms with E-state index in [4.69, 9.17) is 9.90 Å². The lowest BCUT2D eigenvalue weighted by molar-refractivity contribution is -0.131. The van der Waals surface area contributed by atoms with Gasteiger partial charge in [-0.3, -0.25) is 14.3 Å². The highest BCUT2D eigenvalue weighted by Crippen LogP contribution is 2.17. The lowest BCUT2D eigenvalue weighted by Gasteiger charge is -2.23. The fraction of sp³-hybridized carbons (Fsp3) is 0.444. The van der Waals surface area contributed by atoms with Crippen molar-refractivity contribution in [2.75, 3.05) is 31.1 Å². The topological polar surface area (TPSA) is 91.6 Å². The molecule has 0 saturated carbocycles. The molecule has 1 aliphatic rings. The summed E-state index contributed by atoms with van der Waals surface area (Å²) >= 11 is 0. The largest absolute Gasteiger partial charge is 0.483 e. The molecule has 146 valence electrons. The number of halogens is 1. The third kappa shape index (κ3) is 6.05. The van der Waals surface area contributed by atoms with Crippen LogP contribution in [0.4, 0.5) is 10.2 Å². The predicted molar refractivity (Wildman–Crippen MR) is 97.9 cm³/mol. The van der Waals surface area contributed by atoms with Gasteiger partial charge in [-0.1, -0.05) is 0 Å². The van der Waals surface area contributed by atoms with Gasteiger partial charge in [0.2, 0.25) is 5.91 Å². The minimum absolute atomic E-state index is 0.117. The lowest BCUT2D eigenvalue weighted by atomic mass is 10.3. The molecule has 2 aromatic heterocycles. The normalized spacial score (nSPS) is 14.1. The number of anilines is 1. The number of carbonyl (C=O) groups is 2. The van der Waals surface area contributed by atoms with Crippen LogP contribution in [0.1, 0.15) is 18.4 Å². The van der Waals surface area contributed by atoms with E-state index in [1.807, 2.05) is 22.9 Å². The predicted octanol–water partition coefficient (Wildman–Crippen LogP) is 1.56. The number of rotatable bonds is 4. The molecule has 1 fully saturated rings. The maximum atomic E-state index is 13.9. The van der Waals surface area contributed by atoms with Gasteiger partial charge >= 0.3 is 0 Å². The van der Waals surface area contributed by atoms with E-state index in [0.717, 1.165) is 12.0 Å². The minimum Gasteiger partial charge on any atom is -0.483 e. The number of aryl methyl sites for hydroxylation is 2. The SMILES string of the molecule is Cc1cnn(CCC(=O)N2CCCN(c3ncccc3F)CC2)c1.O=CO. The Hall–Kier alpha value is -2.97. The van der Waals surface area contributed by atoms with Crippen molar-refractivity contribution in [1.29, 1.82) is 0 Å². The van der Waals surface area contributed by atoms with Crippen LogP contribution < -0.4 is 4.90 Å². The van der Waals surface area contributed by atoms with Crippen molar-refractivity contribution >= 4 is 18.2 Å². The van der Waals surface area contributed by atoms with Gasteiger partial charge < -0.3 is 14.9 Å². The monoisotopic (exact) mass is 377 g/mol. The molecule has 8 nitrogen and oxygen atoms in total. The molecule has 0 aromatic carbocycles. The number of carbonyl (C=O) groups excluding carboxylic acids is 1. The Balaban J connectivity index is 0.000000817. The quantitative estimate of drug-likeness (QED) is 0.813. The Morgan fingerprint density at radius 1 is 1.33 bits per heavy atom. The van der Waals surface area contributed by atoms with Crippen LogP contribution in [-0.2, 0) is 16.1 Å². The van der Waals surface area contributed by atoms with E-state index in [1.54, 1.807) is 23.1 Å². The highest BCUT2D eigenvalue weighted by atomic mass is 19.1. The summed E-state index contributed by atoms with van der Waals surface area (Å²) in [4.78, 5) is 28.7. The number of hydrogen-bond donors (Lipinski definition) is 1. The Kier molecular flexibility index (Phi) is 7.72. The summed E-state index contributed by atoms with van der Waals surface area (Å²) in [6.07, 6.45) is 6.55. The van der Waals surface area contributed by atoms with Crippen molar-refractivity contribution < 1.29 is 19.1 Å². The summed E-state index contributed by atoms with van der Waals surface area (Å²) < 4.78 is 15.7. The van der Waals surface area contributed by atoms with Crippen LogP contribution in [0.15, 0.2) is 30.7 Å². The molecule has 3 heterocycles. The Labute approximate surface area is 157 Å². The number of nitrogens with zero attached hydrogens (tertiary/aromatic N) is 5. The fourth-order valence-electron chi connectivity index (χ4n) is 2.95. The zero-order valence-electron chi connectivity index (χ0n) is 15.3. The summed E-state index contributed by atoms with van der Waals surface area (Å²) in [5.41, 5.74) is 1.09. The van der Waals surface area contributed by atoms with E-state index < -0.39 is 0 Å². The molecular weight excluding hydrogens is 353 g/mol. The molecule has 1 aliphatic heterocycles. The van der Waals surface area contributed by atoms with Gasteiger partial charge in [-0.25, -0.2) is 9.37 Å². The summed E-state index contributed by atoms with van der Waals surface area (Å²) in [6.45, 7) is 4.90. The standard InChI is InChI=1S/C17H22FN5O.CH2O2/c1-14-12-20-23(13-14)9-5-16(24)21-7-3-8-22(11-10-21)17-15(18)4-2-6-19-17;2-1-3/h2,4,6,12-13H,3,5,7-11H2,1H3;1H,(H,2,3). The highest BCUT2D eigenvalue weighted by molar-refractivity contribution is 5.76. The molecule has 0 spiro atoms. The van der Waals surface area contributed by atoms with Gasteiger partial charge in [0.15, 0.2) is 11.6 Å². The Morgan fingerprint density at radius 2 is 2.11 bits per heavy atom. The summed E-state index contributed by atoms with van der Waals surface area (Å²) in [7, 11) is 0. The maximum Gasteiger partial charge on any atom is 0.290 e. The first-order chi connectivity index (χ1) is 13.0. The molecule has 0 bridgehead atoms. The smallest absolute Gasteiger partial charge is 0.290 e. The van der Waals surface area contributed by atoms with Gasteiger partial charge in [-0.05, 0) is 31.0 Å². The van der Waals surface area contributed by atoms with E-state index in [0.29, 0.717) is 45.0 Å². The van der Waals surface area contributed by atoms with Crippen molar-refractivity contribution in [2.24, 2.45) is 0 Å². The molecule has 1 saturated heterocycles. The van der Waals surface area contributed by atoms with E-state index in [9.17, 15) is 9.18 Å². The second-order valence-corrected chi connectivity index (χ2v) is 6.17. The number of pyridine rings is 1. The molecular formula is C18H24FN5O3. The van der Waals surface area contributed by atoms with Gasteiger partial charge in [-0.2, -0.15) is 5.10 Å². The van der Waals surface area contributed by atoms with Gasteiger partial charge in [0.1, 0.15) is 0 Å². The van der Waals surface area contributed by atoms with Crippen LogP contribution in [-0.4, -0.2) is 63.3 Å². The zero-order chi connectivity index (χ0) is 19.6. The first kappa shape index (κ1) is 20.3. The van der Waals surface area contributed by atoms with Gasteiger partial charge in [0, 0.05) is 51.5 Å². The molecule has 3 rings (SSSR count). The molecule has 0 aliphatic carbocycles. The molecule has 27 heavy (non-hydrogen) atoms. The van der Waals surface area contributed by atoms with Crippen molar-refractivity contribution in [1.82, 2.24) is 19.7 Å². The van der Waals surface area contributed by atoms with Crippen LogP contribution >= 0.6 is 0 Å². The first-order valence-corrected chi connectivity index (χ1v) is 8.75. The van der Waals surface area contributed by atoms with Gasteiger partial charge in [0.05, 0.1) is 6.20 Å². The van der Waals surface area contributed by atoms with Crippen molar-refractivity contribution in [3.63, 3.8) is 0 Å². The number of carboxylic acid groups (broad SMARTS) is 1. The molecule has 0 unspecified atom stereocenters. The number of aromatic nitrogens is 3. The zero-order valence-corrected chi connectivity index (χ0v) is 15.3. The second-order valence-electron chi connectivity index (χ2n) is 6.17. The number of amides is 1. The van der Waals surface area contributed by atoms with E-state index in [2.05, 4.69) is 10.1 Å². The van der Waals surface area contributed by atoms with Crippen LogP contribution in [0.3, 0.4) is 0 Å². The van der Waals surface area contributed by atoms with Crippen molar-refractivity contribution in [3.05, 3.63) is 42.1 Å². The average molecular weight is 377 g/mol. The number of hydrogen-bond acceptors (Lipinski definition) is 5. The lowest BCUT2D eigenvalue weighted by Crippen LogP contribution is -2.36. The van der Waals surface area contributed by atoms with Crippen LogP contribution in [0, 0.1) is 12.7 Å². The summed E-state index contributed by atoms with van der Waals surface area (Å²) in [5, 5.41) is 11.1. The van der Waals surface area contributed by atoms with E-state index in [-0.39, 0.29) is 18.2 Å². The molecule has 1 N–H and O–H groups in total. The third-order valence-electron chi connectivity index (χ3n) is 4.20. The third-order valence-corrected chi connectivity index (χ3v) is 4.20. The summed E-state index contributed by atoms with van der Waals surface area (Å²) in [6, 6.07) is 3.01. The first-order valence-electron chi connectivity index (χ1n) is 8.75. The second kappa shape index (κ2) is 10.2. The Morgan fingerprint density at radius 3 is 2.78 bits per heavy atom. The van der Waals surface area contributed by atoms with Gasteiger partial charge in [-0.15, -0.1) is 0 Å². The molecule has 2 aromatic rings. The van der Waals surface area contributed by atoms with Crippen molar-refractivity contribution in [3.8, 4) is 0 Å². The molecule has 0 radical (unpaired) electrons. The van der Waals surface area contributed by atoms with E-state index in [1.165, 1.54) is 6.07 Å². The molecule has 1 amide bonds. The molecule has 9 heteroatoms.